The summed E-state index contributed by atoms with van der Waals surface area (Å²) in [7, 11) is 0. The second kappa shape index (κ2) is 2.75. The zero-order chi connectivity index (χ0) is 5.98. The maximum atomic E-state index is 10.6. The van der Waals surface area contributed by atoms with Crippen LogP contribution in [0.4, 0.5) is 0 Å². The number of ketones is 1. The van der Waals surface area contributed by atoms with Crippen LogP contribution in [0.1, 0.15) is 6.42 Å². The fraction of sp³-hybridized carbons (Fsp3) is 0.750. The standard InChI is InChI=1S/C4H5IO3/c5-4-3(6)1-2-7-8-4/h4H,1-2H2. The molecule has 0 bridgehead atoms. The molecular formula is C4H5IO3. The second-order valence-corrected chi connectivity index (χ2v) is 2.58. The highest BCUT2D eigenvalue weighted by atomic mass is 127. The lowest BCUT2D eigenvalue weighted by Crippen LogP contribution is -2.25. The van der Waals surface area contributed by atoms with Crippen molar-refractivity contribution in [2.24, 2.45) is 0 Å². The molecule has 1 heterocycles. The van der Waals surface area contributed by atoms with Gasteiger partial charge in [0.05, 0.1) is 6.61 Å². The van der Waals surface area contributed by atoms with Crippen molar-refractivity contribution in [3.05, 3.63) is 0 Å². The molecule has 0 spiro atoms. The molecule has 1 rings (SSSR count). The van der Waals surface area contributed by atoms with E-state index in [0.717, 1.165) is 0 Å². The zero-order valence-electron chi connectivity index (χ0n) is 4.09. The molecule has 0 aromatic heterocycles. The number of hydrogen-bond acceptors (Lipinski definition) is 3. The second-order valence-electron chi connectivity index (χ2n) is 1.45. The summed E-state index contributed by atoms with van der Waals surface area (Å²) in [5.74, 6) is 0.108. The highest BCUT2D eigenvalue weighted by Crippen LogP contribution is 2.11. The summed E-state index contributed by atoms with van der Waals surface area (Å²) in [5, 5.41) is 0. The number of hydrogen-bond donors (Lipinski definition) is 0. The van der Waals surface area contributed by atoms with Crippen LogP contribution in [0, 0.1) is 0 Å². The number of carbonyl (C=O) groups is 1. The Labute approximate surface area is 60.4 Å². The molecule has 1 saturated heterocycles. The van der Waals surface area contributed by atoms with Crippen molar-refractivity contribution in [3.63, 3.8) is 0 Å². The minimum absolute atomic E-state index is 0.108. The minimum Gasteiger partial charge on any atom is -0.296 e. The van der Waals surface area contributed by atoms with Gasteiger partial charge in [-0.3, -0.25) is 4.79 Å². The summed E-state index contributed by atoms with van der Waals surface area (Å²) >= 11 is 1.89. The van der Waals surface area contributed by atoms with Gasteiger partial charge in [0.15, 0.2) is 5.78 Å². The van der Waals surface area contributed by atoms with Gasteiger partial charge < -0.3 is 0 Å². The van der Waals surface area contributed by atoms with Gasteiger partial charge in [-0.2, -0.15) is 0 Å². The lowest BCUT2D eigenvalue weighted by molar-refractivity contribution is -0.305. The molecule has 0 aliphatic carbocycles. The largest absolute Gasteiger partial charge is 0.296 e. The number of carbonyl (C=O) groups excluding carboxylic acids is 1. The van der Waals surface area contributed by atoms with Gasteiger partial charge >= 0.3 is 0 Å². The third-order valence-corrected chi connectivity index (χ3v) is 1.74. The highest BCUT2D eigenvalue weighted by Gasteiger charge is 2.20. The van der Waals surface area contributed by atoms with Gasteiger partial charge in [-0.25, -0.2) is 9.78 Å². The van der Waals surface area contributed by atoms with Crippen molar-refractivity contribution in [1.29, 1.82) is 0 Å². The van der Waals surface area contributed by atoms with E-state index in [0.29, 0.717) is 13.0 Å². The van der Waals surface area contributed by atoms with Gasteiger partial charge in [0.25, 0.3) is 0 Å². The van der Waals surface area contributed by atoms with E-state index < -0.39 is 0 Å². The van der Waals surface area contributed by atoms with Crippen LogP contribution in [0.5, 0.6) is 0 Å². The molecule has 0 amide bonds. The molecule has 0 N–H and O–H groups in total. The number of rotatable bonds is 0. The van der Waals surface area contributed by atoms with Crippen LogP contribution in [0.2, 0.25) is 0 Å². The van der Waals surface area contributed by atoms with Crippen molar-refractivity contribution >= 4 is 28.4 Å². The Morgan fingerprint density at radius 1 is 1.75 bits per heavy atom. The quantitative estimate of drug-likeness (QED) is 0.347. The molecule has 0 aromatic rings. The molecule has 3 nitrogen and oxygen atoms in total. The minimum atomic E-state index is -0.388. The SMILES string of the molecule is O=C1CCOOC1I. The van der Waals surface area contributed by atoms with E-state index in [2.05, 4.69) is 9.78 Å². The summed E-state index contributed by atoms with van der Waals surface area (Å²) in [6.45, 7) is 0.401. The molecular weight excluding hydrogens is 223 g/mol. The van der Waals surface area contributed by atoms with Crippen molar-refractivity contribution in [2.45, 2.75) is 10.5 Å². The lowest BCUT2D eigenvalue weighted by Gasteiger charge is -2.13. The predicted octanol–water partition coefficient (Wildman–Crippen LogP) is 0.668. The molecule has 1 atom stereocenters. The summed E-state index contributed by atoms with van der Waals surface area (Å²) in [6.07, 6.45) is 0.480. The Kier molecular flexibility index (Phi) is 2.21. The van der Waals surface area contributed by atoms with E-state index in [1.807, 2.05) is 22.6 Å². The summed E-state index contributed by atoms with van der Waals surface area (Å²) in [6, 6.07) is 0. The highest BCUT2D eigenvalue weighted by molar-refractivity contribution is 14.1. The van der Waals surface area contributed by atoms with Crippen molar-refractivity contribution in [2.75, 3.05) is 6.61 Å². The Morgan fingerprint density at radius 3 is 2.88 bits per heavy atom. The van der Waals surface area contributed by atoms with Crippen LogP contribution in [0.15, 0.2) is 0 Å². The molecule has 0 saturated carbocycles. The molecule has 0 radical (unpaired) electrons. The van der Waals surface area contributed by atoms with E-state index in [9.17, 15) is 4.79 Å². The molecule has 46 valence electrons. The Balaban J connectivity index is 2.39. The fourth-order valence-corrected chi connectivity index (χ4v) is 0.875. The average Bonchev–Trinajstić information content (AvgIpc) is 1.77. The van der Waals surface area contributed by atoms with Crippen LogP contribution in [0.25, 0.3) is 0 Å². The molecule has 1 fully saturated rings. The molecule has 1 aliphatic heterocycles. The van der Waals surface area contributed by atoms with Crippen LogP contribution < -0.4 is 0 Å². The number of halogens is 1. The number of Topliss-reactive ketones (excluding diaryl/α,β-unsaturated/α-hetero) is 1. The first-order chi connectivity index (χ1) is 3.80. The fourth-order valence-electron chi connectivity index (χ4n) is 0.417. The first-order valence-electron chi connectivity index (χ1n) is 2.26. The van der Waals surface area contributed by atoms with E-state index in [1.165, 1.54) is 0 Å². The van der Waals surface area contributed by atoms with Crippen molar-refractivity contribution in [1.82, 2.24) is 0 Å². The predicted molar refractivity (Wildman–Crippen MR) is 34.5 cm³/mol. The van der Waals surface area contributed by atoms with Crippen LogP contribution >= 0.6 is 22.6 Å². The first kappa shape index (κ1) is 6.44. The third-order valence-electron chi connectivity index (χ3n) is 0.837. The molecule has 0 aromatic carbocycles. The van der Waals surface area contributed by atoms with Crippen molar-refractivity contribution in [3.8, 4) is 0 Å². The Bertz CT molecular complexity index is 103. The van der Waals surface area contributed by atoms with Gasteiger partial charge in [-0.05, 0) is 22.6 Å². The molecule has 8 heavy (non-hydrogen) atoms. The molecule has 1 unspecified atom stereocenters. The van der Waals surface area contributed by atoms with Gasteiger partial charge in [-0.15, -0.1) is 0 Å². The summed E-state index contributed by atoms with van der Waals surface area (Å²) < 4.78 is -0.388. The molecule has 4 heteroatoms. The zero-order valence-corrected chi connectivity index (χ0v) is 6.25. The van der Waals surface area contributed by atoms with E-state index >= 15 is 0 Å². The third kappa shape index (κ3) is 1.40. The maximum absolute atomic E-state index is 10.6. The van der Waals surface area contributed by atoms with Gasteiger partial charge in [0, 0.05) is 6.42 Å². The Hall–Kier alpha value is 0.320. The summed E-state index contributed by atoms with van der Waals surface area (Å²) in [4.78, 5) is 19.6. The molecule has 1 aliphatic rings. The lowest BCUT2D eigenvalue weighted by atomic mass is 10.3. The van der Waals surface area contributed by atoms with Crippen LogP contribution in [-0.2, 0) is 14.6 Å². The van der Waals surface area contributed by atoms with Crippen LogP contribution in [0.3, 0.4) is 0 Å². The smallest absolute Gasteiger partial charge is 0.201 e. The number of alkyl halides is 1. The van der Waals surface area contributed by atoms with Gasteiger partial charge in [0.1, 0.15) is 0 Å². The average molecular weight is 228 g/mol. The van der Waals surface area contributed by atoms with E-state index in [1.54, 1.807) is 0 Å². The monoisotopic (exact) mass is 228 g/mol. The normalized spacial score (nSPS) is 30.6. The van der Waals surface area contributed by atoms with E-state index in [4.69, 9.17) is 0 Å². The topological polar surface area (TPSA) is 35.5 Å². The maximum Gasteiger partial charge on any atom is 0.201 e. The Morgan fingerprint density at radius 2 is 2.50 bits per heavy atom. The van der Waals surface area contributed by atoms with Gasteiger partial charge in [-0.1, -0.05) is 0 Å². The van der Waals surface area contributed by atoms with E-state index in [-0.39, 0.29) is 9.89 Å². The van der Waals surface area contributed by atoms with Gasteiger partial charge in [0.2, 0.25) is 4.11 Å². The van der Waals surface area contributed by atoms with Crippen molar-refractivity contribution < 1.29 is 14.6 Å². The van der Waals surface area contributed by atoms with Crippen LogP contribution in [-0.4, -0.2) is 16.5 Å². The first-order valence-corrected chi connectivity index (χ1v) is 3.50. The summed E-state index contributed by atoms with van der Waals surface area (Å²) in [5.41, 5.74) is 0.